The van der Waals surface area contributed by atoms with E-state index in [1.165, 1.54) is 17.3 Å². The number of ether oxygens (including phenoxy) is 2. The highest BCUT2D eigenvalue weighted by molar-refractivity contribution is 7.98. The van der Waals surface area contributed by atoms with Gasteiger partial charge in [0, 0.05) is 23.7 Å². The molecule has 0 saturated carbocycles. The van der Waals surface area contributed by atoms with Crippen LogP contribution in [0.1, 0.15) is 44.4 Å². The van der Waals surface area contributed by atoms with E-state index in [0.29, 0.717) is 22.4 Å². The number of hydrogen-bond donors (Lipinski definition) is 1. The SMILES string of the molecule is COc1ccc(C(C)=NNC(=O)COc2ccc(C(C)(C)C)cc2)cc1CSc1ncccn1. The smallest absolute Gasteiger partial charge is 0.277 e. The average Bonchev–Trinajstić information content (AvgIpc) is 2.85. The van der Waals surface area contributed by atoms with Crippen LogP contribution < -0.4 is 14.9 Å². The van der Waals surface area contributed by atoms with Gasteiger partial charge in [0.1, 0.15) is 11.5 Å². The maximum Gasteiger partial charge on any atom is 0.277 e. The Morgan fingerprint density at radius 3 is 2.44 bits per heavy atom. The molecule has 0 radical (unpaired) electrons. The molecule has 2 aromatic carbocycles. The van der Waals surface area contributed by atoms with Crippen LogP contribution in [0.25, 0.3) is 0 Å². The van der Waals surface area contributed by atoms with Gasteiger partial charge in [0.25, 0.3) is 5.91 Å². The Kier molecular flexibility index (Phi) is 8.65. The van der Waals surface area contributed by atoms with Gasteiger partial charge >= 0.3 is 0 Å². The van der Waals surface area contributed by atoms with Crippen molar-refractivity contribution in [2.75, 3.05) is 13.7 Å². The number of carbonyl (C=O) groups excluding carboxylic acids is 1. The Hall–Kier alpha value is -3.39. The van der Waals surface area contributed by atoms with Gasteiger partial charge in [0.2, 0.25) is 0 Å². The lowest BCUT2D eigenvalue weighted by molar-refractivity contribution is -0.123. The summed E-state index contributed by atoms with van der Waals surface area (Å²) in [4.78, 5) is 20.7. The van der Waals surface area contributed by atoms with E-state index in [2.05, 4.69) is 41.3 Å². The highest BCUT2D eigenvalue weighted by atomic mass is 32.2. The molecule has 0 aliphatic rings. The second-order valence-corrected chi connectivity index (χ2v) is 9.58. The fraction of sp³-hybridized carbons (Fsp3) is 0.308. The van der Waals surface area contributed by atoms with E-state index in [4.69, 9.17) is 9.47 Å². The molecule has 1 N–H and O–H groups in total. The van der Waals surface area contributed by atoms with Crippen molar-refractivity contribution in [1.82, 2.24) is 15.4 Å². The quantitative estimate of drug-likeness (QED) is 0.202. The standard InChI is InChI=1S/C26H30N4O3S/c1-18(29-30-24(31)16-33-22-10-8-21(9-11-22)26(2,3)4)19-7-12-23(32-5)20(15-19)17-34-25-27-13-6-14-28-25/h6-15H,16-17H2,1-5H3,(H,30,31). The number of carbonyl (C=O) groups is 1. The van der Waals surface area contributed by atoms with Crippen LogP contribution in [0, 0.1) is 0 Å². The summed E-state index contributed by atoms with van der Waals surface area (Å²) in [6.07, 6.45) is 3.43. The summed E-state index contributed by atoms with van der Waals surface area (Å²) in [5, 5.41) is 4.93. The molecule has 1 heterocycles. The van der Waals surface area contributed by atoms with Gasteiger partial charge in [-0.05, 0) is 59.9 Å². The summed E-state index contributed by atoms with van der Waals surface area (Å²) in [6, 6.07) is 15.4. The minimum Gasteiger partial charge on any atom is -0.496 e. The van der Waals surface area contributed by atoms with Crippen LogP contribution in [-0.4, -0.2) is 35.3 Å². The highest BCUT2D eigenvalue weighted by Gasteiger charge is 2.13. The summed E-state index contributed by atoms with van der Waals surface area (Å²) in [6.45, 7) is 8.18. The number of nitrogens with one attached hydrogen (secondary N) is 1. The number of hydrazone groups is 1. The number of thioether (sulfide) groups is 1. The van der Waals surface area contributed by atoms with E-state index in [9.17, 15) is 4.79 Å². The molecule has 3 aromatic rings. The van der Waals surface area contributed by atoms with E-state index in [1.54, 1.807) is 25.6 Å². The number of hydrogen-bond acceptors (Lipinski definition) is 7. The number of methoxy groups -OCH3 is 1. The molecule has 3 rings (SSSR count). The molecular formula is C26H30N4O3S. The molecule has 178 valence electrons. The lowest BCUT2D eigenvalue weighted by Gasteiger charge is -2.19. The van der Waals surface area contributed by atoms with Crippen LogP contribution >= 0.6 is 11.8 Å². The first-order valence-corrected chi connectivity index (χ1v) is 11.9. The Balaban J connectivity index is 1.57. The topological polar surface area (TPSA) is 85.7 Å². The van der Waals surface area contributed by atoms with Crippen LogP contribution in [0.15, 0.2) is 71.2 Å². The summed E-state index contributed by atoms with van der Waals surface area (Å²) < 4.78 is 11.1. The molecule has 0 atom stereocenters. The van der Waals surface area contributed by atoms with Crippen LogP contribution in [0.3, 0.4) is 0 Å². The highest BCUT2D eigenvalue weighted by Crippen LogP contribution is 2.27. The lowest BCUT2D eigenvalue weighted by Crippen LogP contribution is -2.25. The first-order valence-electron chi connectivity index (χ1n) is 10.9. The first-order chi connectivity index (χ1) is 16.3. The lowest BCUT2D eigenvalue weighted by atomic mass is 9.87. The molecule has 0 aliphatic carbocycles. The molecule has 8 heteroatoms. The summed E-state index contributed by atoms with van der Waals surface area (Å²) in [5.74, 6) is 1.73. The van der Waals surface area contributed by atoms with E-state index >= 15 is 0 Å². The average molecular weight is 479 g/mol. The van der Waals surface area contributed by atoms with Gasteiger partial charge in [-0.15, -0.1) is 0 Å². The van der Waals surface area contributed by atoms with E-state index in [0.717, 1.165) is 16.9 Å². The van der Waals surface area contributed by atoms with Crippen molar-refractivity contribution in [3.63, 3.8) is 0 Å². The van der Waals surface area contributed by atoms with Gasteiger partial charge in [-0.2, -0.15) is 5.10 Å². The summed E-state index contributed by atoms with van der Waals surface area (Å²) >= 11 is 1.52. The zero-order valence-corrected chi connectivity index (χ0v) is 21.0. The van der Waals surface area contributed by atoms with Crippen molar-refractivity contribution >= 4 is 23.4 Å². The summed E-state index contributed by atoms with van der Waals surface area (Å²) in [5.41, 5.74) is 6.37. The minimum absolute atomic E-state index is 0.0669. The molecule has 0 unspecified atom stereocenters. The summed E-state index contributed by atoms with van der Waals surface area (Å²) in [7, 11) is 1.64. The predicted molar refractivity (Wildman–Crippen MR) is 136 cm³/mol. The van der Waals surface area contributed by atoms with Gasteiger partial charge in [-0.3, -0.25) is 4.79 Å². The Morgan fingerprint density at radius 1 is 1.09 bits per heavy atom. The normalized spacial score (nSPS) is 11.7. The molecule has 7 nitrogen and oxygen atoms in total. The second-order valence-electron chi connectivity index (χ2n) is 8.64. The third kappa shape index (κ3) is 7.31. The zero-order valence-electron chi connectivity index (χ0n) is 20.2. The molecule has 0 aliphatic heterocycles. The number of rotatable bonds is 9. The Labute approximate surface area is 205 Å². The number of nitrogens with zero attached hydrogens (tertiary/aromatic N) is 3. The van der Waals surface area contributed by atoms with Gasteiger partial charge in [0.05, 0.1) is 12.8 Å². The van der Waals surface area contributed by atoms with Crippen molar-refractivity contribution in [1.29, 1.82) is 0 Å². The maximum absolute atomic E-state index is 12.2. The monoisotopic (exact) mass is 478 g/mol. The first kappa shape index (κ1) is 25.2. The van der Waals surface area contributed by atoms with Crippen LogP contribution in [-0.2, 0) is 16.0 Å². The van der Waals surface area contributed by atoms with Gasteiger partial charge < -0.3 is 9.47 Å². The molecule has 0 spiro atoms. The van der Waals surface area contributed by atoms with Crippen molar-refractivity contribution in [3.8, 4) is 11.5 Å². The molecule has 1 amide bonds. The predicted octanol–water partition coefficient (Wildman–Crippen LogP) is 4.99. The van der Waals surface area contributed by atoms with E-state index in [-0.39, 0.29) is 17.9 Å². The van der Waals surface area contributed by atoms with E-state index in [1.807, 2.05) is 49.4 Å². The Bertz CT molecular complexity index is 1130. The van der Waals surface area contributed by atoms with Gasteiger partial charge in [-0.25, -0.2) is 15.4 Å². The molecule has 0 bridgehead atoms. The fourth-order valence-electron chi connectivity index (χ4n) is 3.06. The third-order valence-electron chi connectivity index (χ3n) is 5.04. The second kappa shape index (κ2) is 11.7. The molecule has 1 aromatic heterocycles. The Morgan fingerprint density at radius 2 is 1.79 bits per heavy atom. The molecular weight excluding hydrogens is 448 g/mol. The van der Waals surface area contributed by atoms with E-state index < -0.39 is 0 Å². The van der Waals surface area contributed by atoms with Crippen molar-refractivity contribution in [2.45, 2.75) is 44.0 Å². The third-order valence-corrected chi connectivity index (χ3v) is 5.96. The largest absolute Gasteiger partial charge is 0.496 e. The number of benzene rings is 2. The maximum atomic E-state index is 12.2. The van der Waals surface area contributed by atoms with Crippen molar-refractivity contribution < 1.29 is 14.3 Å². The number of aromatic nitrogens is 2. The minimum atomic E-state index is -0.329. The molecule has 34 heavy (non-hydrogen) atoms. The molecule has 0 fully saturated rings. The van der Waals surface area contributed by atoms with Gasteiger partial charge in [0.15, 0.2) is 11.8 Å². The van der Waals surface area contributed by atoms with Crippen molar-refractivity contribution in [3.05, 3.63) is 77.6 Å². The number of amides is 1. The van der Waals surface area contributed by atoms with Crippen LogP contribution in [0.5, 0.6) is 11.5 Å². The van der Waals surface area contributed by atoms with Crippen LogP contribution in [0.4, 0.5) is 0 Å². The van der Waals surface area contributed by atoms with Crippen LogP contribution in [0.2, 0.25) is 0 Å². The van der Waals surface area contributed by atoms with Crippen molar-refractivity contribution in [2.24, 2.45) is 5.10 Å². The molecule has 0 saturated heterocycles. The fourth-order valence-corrected chi connectivity index (χ4v) is 3.84. The van der Waals surface area contributed by atoms with Gasteiger partial charge in [-0.1, -0.05) is 44.7 Å². The zero-order chi connectivity index (χ0) is 24.6.